The largest absolute Gasteiger partial charge is 0.272 e. The van der Waals surface area contributed by atoms with Gasteiger partial charge in [0.2, 0.25) is 0 Å². The van der Waals surface area contributed by atoms with Crippen molar-refractivity contribution in [1.29, 1.82) is 0 Å². The summed E-state index contributed by atoms with van der Waals surface area (Å²) in [6.45, 7) is 4.21. The van der Waals surface area contributed by atoms with Crippen molar-refractivity contribution in [2.45, 2.75) is 39.2 Å². The first-order valence-corrected chi connectivity index (χ1v) is 7.09. The van der Waals surface area contributed by atoms with E-state index in [9.17, 15) is 0 Å². The summed E-state index contributed by atoms with van der Waals surface area (Å²) in [4.78, 5) is 0. The zero-order chi connectivity index (χ0) is 14.7. The summed E-state index contributed by atoms with van der Waals surface area (Å²) < 4.78 is 3.83. The summed E-state index contributed by atoms with van der Waals surface area (Å²) in [5.74, 6) is 5.74. The summed E-state index contributed by atoms with van der Waals surface area (Å²) in [7, 11) is 3.93. The van der Waals surface area contributed by atoms with E-state index < -0.39 is 0 Å². The van der Waals surface area contributed by atoms with Crippen LogP contribution in [0.2, 0.25) is 0 Å². The van der Waals surface area contributed by atoms with Gasteiger partial charge in [0, 0.05) is 26.2 Å². The molecule has 6 heteroatoms. The van der Waals surface area contributed by atoms with Crippen molar-refractivity contribution in [3.63, 3.8) is 0 Å². The van der Waals surface area contributed by atoms with Crippen LogP contribution in [0.4, 0.5) is 0 Å². The number of aryl methyl sites for hydroxylation is 4. The van der Waals surface area contributed by atoms with Crippen molar-refractivity contribution in [3.05, 3.63) is 34.9 Å². The van der Waals surface area contributed by atoms with Crippen LogP contribution in [-0.4, -0.2) is 19.6 Å². The summed E-state index contributed by atoms with van der Waals surface area (Å²) in [5, 5.41) is 8.96. The van der Waals surface area contributed by atoms with E-state index in [2.05, 4.69) is 41.6 Å². The van der Waals surface area contributed by atoms with Crippen molar-refractivity contribution < 1.29 is 0 Å². The van der Waals surface area contributed by atoms with Crippen LogP contribution in [0.1, 0.15) is 42.7 Å². The molecule has 0 saturated heterocycles. The van der Waals surface area contributed by atoms with Gasteiger partial charge in [0.1, 0.15) is 0 Å². The molecule has 0 fully saturated rings. The van der Waals surface area contributed by atoms with Gasteiger partial charge in [-0.2, -0.15) is 10.2 Å². The van der Waals surface area contributed by atoms with E-state index in [4.69, 9.17) is 5.84 Å². The minimum absolute atomic E-state index is 0.0351. The molecule has 2 rings (SSSR count). The van der Waals surface area contributed by atoms with Gasteiger partial charge in [-0.1, -0.05) is 13.8 Å². The fourth-order valence-electron chi connectivity index (χ4n) is 2.44. The zero-order valence-electron chi connectivity index (χ0n) is 12.7. The topological polar surface area (TPSA) is 73.7 Å². The number of nitrogens with two attached hydrogens (primary N) is 1. The Bertz CT molecular complexity index is 568. The van der Waals surface area contributed by atoms with Gasteiger partial charge in [-0.25, -0.2) is 0 Å². The minimum Gasteiger partial charge on any atom is -0.272 e. The second-order valence-corrected chi connectivity index (χ2v) is 5.07. The average molecular weight is 276 g/mol. The van der Waals surface area contributed by atoms with E-state index in [1.165, 1.54) is 5.69 Å². The molecule has 0 spiro atoms. The van der Waals surface area contributed by atoms with Crippen molar-refractivity contribution >= 4 is 0 Å². The van der Waals surface area contributed by atoms with Gasteiger partial charge in [-0.15, -0.1) is 0 Å². The number of nitrogens with one attached hydrogen (secondary N) is 1. The smallest absolute Gasteiger partial charge is 0.0684 e. The molecule has 2 heterocycles. The van der Waals surface area contributed by atoms with E-state index in [1.54, 1.807) is 0 Å². The highest BCUT2D eigenvalue weighted by Crippen LogP contribution is 2.19. The lowest BCUT2D eigenvalue weighted by atomic mass is 10.1. The molecule has 3 N–H and O–H groups in total. The summed E-state index contributed by atoms with van der Waals surface area (Å²) in [6, 6.07) is 4.29. The van der Waals surface area contributed by atoms with Gasteiger partial charge in [-0.05, 0) is 25.0 Å². The van der Waals surface area contributed by atoms with Gasteiger partial charge in [0.25, 0.3) is 0 Å². The van der Waals surface area contributed by atoms with Crippen molar-refractivity contribution in [3.8, 4) is 0 Å². The maximum absolute atomic E-state index is 5.74. The highest BCUT2D eigenvalue weighted by atomic mass is 15.3. The van der Waals surface area contributed by atoms with E-state index in [-0.39, 0.29) is 6.04 Å². The van der Waals surface area contributed by atoms with E-state index in [0.717, 1.165) is 36.3 Å². The molecule has 0 radical (unpaired) electrons. The van der Waals surface area contributed by atoms with Crippen LogP contribution in [0.5, 0.6) is 0 Å². The van der Waals surface area contributed by atoms with Crippen molar-refractivity contribution in [1.82, 2.24) is 25.0 Å². The van der Waals surface area contributed by atoms with Gasteiger partial charge >= 0.3 is 0 Å². The fraction of sp³-hybridized carbons (Fsp3) is 0.571. The first-order valence-electron chi connectivity index (χ1n) is 7.09. The standard InChI is InChI=1S/C14H24N6/c1-5-10-7-12(19(3)17-10)9-13(16-15)14-8-11(6-2)18-20(14)4/h7-8,13,16H,5-6,9,15H2,1-4H3. The summed E-state index contributed by atoms with van der Waals surface area (Å²) >= 11 is 0. The third-order valence-corrected chi connectivity index (χ3v) is 3.69. The number of rotatable bonds is 6. The Hall–Kier alpha value is -1.66. The Balaban J connectivity index is 2.23. The molecule has 0 amide bonds. The second kappa shape index (κ2) is 6.19. The monoisotopic (exact) mass is 276 g/mol. The normalized spacial score (nSPS) is 12.8. The lowest BCUT2D eigenvalue weighted by Gasteiger charge is -2.16. The molecular weight excluding hydrogens is 252 g/mol. The lowest BCUT2D eigenvalue weighted by Crippen LogP contribution is -2.31. The van der Waals surface area contributed by atoms with Crippen LogP contribution in [0.15, 0.2) is 12.1 Å². The maximum Gasteiger partial charge on any atom is 0.0684 e. The molecule has 6 nitrogen and oxygen atoms in total. The molecule has 2 aromatic rings. The molecule has 1 unspecified atom stereocenters. The lowest BCUT2D eigenvalue weighted by molar-refractivity contribution is 0.493. The number of hydrazine groups is 1. The Morgan fingerprint density at radius 1 is 1.10 bits per heavy atom. The number of hydrogen-bond donors (Lipinski definition) is 2. The van der Waals surface area contributed by atoms with Crippen LogP contribution in [0.25, 0.3) is 0 Å². The predicted octanol–water partition coefficient (Wildman–Crippen LogP) is 1.03. The molecular formula is C14H24N6. The molecule has 2 aromatic heterocycles. The molecule has 0 bridgehead atoms. The molecule has 20 heavy (non-hydrogen) atoms. The van der Waals surface area contributed by atoms with Gasteiger partial charge in [-0.3, -0.25) is 20.6 Å². The highest BCUT2D eigenvalue weighted by Gasteiger charge is 2.18. The molecule has 0 aliphatic carbocycles. The Labute approximate surface area is 119 Å². The predicted molar refractivity (Wildman–Crippen MR) is 78.9 cm³/mol. The summed E-state index contributed by atoms with van der Waals surface area (Å²) in [6.07, 6.45) is 2.67. The van der Waals surface area contributed by atoms with Crippen molar-refractivity contribution in [2.24, 2.45) is 19.9 Å². The van der Waals surface area contributed by atoms with E-state index >= 15 is 0 Å². The summed E-state index contributed by atoms with van der Waals surface area (Å²) in [5.41, 5.74) is 7.36. The quantitative estimate of drug-likeness (QED) is 0.610. The Morgan fingerprint density at radius 2 is 1.70 bits per heavy atom. The second-order valence-electron chi connectivity index (χ2n) is 5.07. The highest BCUT2D eigenvalue weighted by molar-refractivity contribution is 5.18. The van der Waals surface area contributed by atoms with Gasteiger partial charge in [0.05, 0.1) is 23.1 Å². The molecule has 110 valence electrons. The van der Waals surface area contributed by atoms with Gasteiger partial charge in [0.15, 0.2) is 0 Å². The van der Waals surface area contributed by atoms with Crippen LogP contribution < -0.4 is 11.3 Å². The number of hydrogen-bond acceptors (Lipinski definition) is 4. The molecule has 1 atom stereocenters. The Morgan fingerprint density at radius 3 is 2.20 bits per heavy atom. The molecule has 0 aliphatic heterocycles. The Kier molecular flexibility index (Phi) is 4.57. The molecule has 0 saturated carbocycles. The third kappa shape index (κ3) is 2.91. The first kappa shape index (κ1) is 14.7. The van der Waals surface area contributed by atoms with Crippen LogP contribution in [0.3, 0.4) is 0 Å². The molecule has 0 aliphatic rings. The maximum atomic E-state index is 5.74. The minimum atomic E-state index is 0.0351. The molecule has 0 aromatic carbocycles. The fourth-order valence-corrected chi connectivity index (χ4v) is 2.44. The van der Waals surface area contributed by atoms with Crippen LogP contribution in [-0.2, 0) is 33.4 Å². The average Bonchev–Trinajstić information content (AvgIpc) is 2.99. The van der Waals surface area contributed by atoms with Crippen LogP contribution in [0, 0.1) is 0 Å². The SMILES string of the molecule is CCc1cc(CC(NN)c2cc(CC)nn2C)n(C)n1. The third-order valence-electron chi connectivity index (χ3n) is 3.69. The van der Waals surface area contributed by atoms with E-state index in [1.807, 2.05) is 23.5 Å². The van der Waals surface area contributed by atoms with Gasteiger partial charge < -0.3 is 0 Å². The van der Waals surface area contributed by atoms with Crippen LogP contribution >= 0.6 is 0 Å². The zero-order valence-corrected chi connectivity index (χ0v) is 12.7. The number of aromatic nitrogens is 4. The first-order chi connectivity index (χ1) is 9.58. The van der Waals surface area contributed by atoms with E-state index in [0.29, 0.717) is 0 Å². The van der Waals surface area contributed by atoms with Crippen molar-refractivity contribution in [2.75, 3.05) is 0 Å². The number of nitrogens with zero attached hydrogens (tertiary/aromatic N) is 4.